The number of thiazole rings is 1. The van der Waals surface area contributed by atoms with Crippen molar-refractivity contribution in [1.82, 2.24) is 20.1 Å². The monoisotopic (exact) mass is 394 g/mol. The highest BCUT2D eigenvalue weighted by molar-refractivity contribution is 7.21. The van der Waals surface area contributed by atoms with Crippen LogP contribution in [0.2, 0.25) is 0 Å². The number of aryl methyl sites for hydroxylation is 1. The Labute approximate surface area is 165 Å². The van der Waals surface area contributed by atoms with Gasteiger partial charge in [-0.25, -0.2) is 9.67 Å². The summed E-state index contributed by atoms with van der Waals surface area (Å²) in [6, 6.07) is 14.0. The van der Waals surface area contributed by atoms with Crippen molar-refractivity contribution >= 4 is 28.6 Å². The maximum absolute atomic E-state index is 12.5. The van der Waals surface area contributed by atoms with Gasteiger partial charge in [-0.1, -0.05) is 24.3 Å². The lowest BCUT2D eigenvalue weighted by molar-refractivity contribution is 0.0954. The van der Waals surface area contributed by atoms with Crippen molar-refractivity contribution in [2.45, 2.75) is 20.4 Å². The quantitative estimate of drug-likeness (QED) is 0.538. The second-order valence-electron chi connectivity index (χ2n) is 6.09. The molecule has 7 heteroatoms. The molecule has 3 heterocycles. The van der Waals surface area contributed by atoms with Crippen LogP contribution >= 0.6 is 22.7 Å². The van der Waals surface area contributed by atoms with Crippen LogP contribution in [0.3, 0.4) is 0 Å². The summed E-state index contributed by atoms with van der Waals surface area (Å²) in [7, 11) is 0. The second kappa shape index (κ2) is 7.46. The summed E-state index contributed by atoms with van der Waals surface area (Å²) in [5.41, 5.74) is 4.00. The fraction of sp³-hybridized carbons (Fsp3) is 0.150. The number of hydrogen-bond acceptors (Lipinski definition) is 5. The zero-order valence-corrected chi connectivity index (χ0v) is 16.6. The fourth-order valence-electron chi connectivity index (χ4n) is 2.90. The first-order chi connectivity index (χ1) is 13.1. The molecular formula is C20H18N4OS2. The highest BCUT2D eigenvalue weighted by atomic mass is 32.1. The molecular weight excluding hydrogens is 376 g/mol. The van der Waals surface area contributed by atoms with Crippen molar-refractivity contribution in [3.05, 3.63) is 75.9 Å². The number of aromatic nitrogens is 3. The van der Waals surface area contributed by atoms with Gasteiger partial charge in [-0.15, -0.1) is 22.7 Å². The Morgan fingerprint density at radius 3 is 2.70 bits per heavy atom. The lowest BCUT2D eigenvalue weighted by atomic mass is 10.2. The van der Waals surface area contributed by atoms with Gasteiger partial charge >= 0.3 is 0 Å². The Bertz CT molecular complexity index is 1070. The molecule has 4 aromatic rings. The number of nitrogens with one attached hydrogen (secondary N) is 1. The van der Waals surface area contributed by atoms with E-state index < -0.39 is 0 Å². The Kier molecular flexibility index (Phi) is 4.87. The molecule has 0 unspecified atom stereocenters. The minimum Gasteiger partial charge on any atom is -0.347 e. The Balaban J connectivity index is 1.49. The van der Waals surface area contributed by atoms with Crippen LogP contribution < -0.4 is 5.32 Å². The number of rotatable bonds is 5. The minimum atomic E-state index is -0.110. The van der Waals surface area contributed by atoms with E-state index in [0.29, 0.717) is 11.4 Å². The van der Waals surface area contributed by atoms with E-state index in [0.717, 1.165) is 32.5 Å². The molecule has 4 rings (SSSR count). The van der Waals surface area contributed by atoms with E-state index in [1.807, 2.05) is 66.4 Å². The molecule has 0 atom stereocenters. The molecule has 0 radical (unpaired) electrons. The van der Waals surface area contributed by atoms with E-state index in [1.165, 1.54) is 11.3 Å². The number of carbonyl (C=O) groups is 1. The van der Waals surface area contributed by atoms with Gasteiger partial charge in [-0.2, -0.15) is 5.10 Å². The summed E-state index contributed by atoms with van der Waals surface area (Å²) in [6.45, 7) is 4.43. The van der Waals surface area contributed by atoms with Gasteiger partial charge < -0.3 is 5.32 Å². The van der Waals surface area contributed by atoms with Gasteiger partial charge in [0.05, 0.1) is 22.5 Å². The zero-order valence-electron chi connectivity index (χ0n) is 15.0. The largest absolute Gasteiger partial charge is 0.347 e. The van der Waals surface area contributed by atoms with Crippen molar-refractivity contribution < 1.29 is 4.79 Å². The standard InChI is InChI=1S/C20H18N4OS2/c1-13-16(14(2)24(23-13)15-7-4-3-5-8-15)11-21-19(25)18-12-22-20(27-18)17-9-6-10-26-17/h3-10,12H,11H2,1-2H3,(H,21,25). The van der Waals surface area contributed by atoms with E-state index in [1.54, 1.807) is 17.5 Å². The third-order valence-electron chi connectivity index (χ3n) is 4.33. The third-order valence-corrected chi connectivity index (χ3v) is 6.36. The normalized spacial score (nSPS) is 10.9. The molecule has 1 amide bonds. The molecule has 0 fully saturated rings. The maximum Gasteiger partial charge on any atom is 0.263 e. The number of thiophene rings is 1. The molecule has 0 aliphatic carbocycles. The minimum absolute atomic E-state index is 0.110. The molecule has 3 aromatic heterocycles. The van der Waals surface area contributed by atoms with E-state index in [9.17, 15) is 4.79 Å². The average Bonchev–Trinajstić information content (AvgIpc) is 3.42. The van der Waals surface area contributed by atoms with E-state index in [2.05, 4.69) is 15.4 Å². The zero-order chi connectivity index (χ0) is 18.8. The number of hydrogen-bond donors (Lipinski definition) is 1. The van der Waals surface area contributed by atoms with Crippen LogP contribution in [0.15, 0.2) is 54.0 Å². The number of para-hydroxylation sites is 1. The topological polar surface area (TPSA) is 59.8 Å². The average molecular weight is 395 g/mol. The van der Waals surface area contributed by atoms with Crippen LogP contribution in [0.1, 0.15) is 26.6 Å². The molecule has 0 bridgehead atoms. The van der Waals surface area contributed by atoms with Gasteiger partial charge in [0.2, 0.25) is 0 Å². The van der Waals surface area contributed by atoms with Crippen LogP contribution in [-0.2, 0) is 6.54 Å². The SMILES string of the molecule is Cc1nn(-c2ccccc2)c(C)c1CNC(=O)c1cnc(-c2cccs2)s1. The first kappa shape index (κ1) is 17.6. The van der Waals surface area contributed by atoms with Gasteiger partial charge in [0.15, 0.2) is 0 Å². The summed E-state index contributed by atoms with van der Waals surface area (Å²) in [5, 5.41) is 10.5. The van der Waals surface area contributed by atoms with Gasteiger partial charge in [-0.3, -0.25) is 4.79 Å². The van der Waals surface area contributed by atoms with Gasteiger partial charge in [0.25, 0.3) is 5.91 Å². The number of benzene rings is 1. The number of nitrogens with zero attached hydrogens (tertiary/aromatic N) is 3. The maximum atomic E-state index is 12.5. The van der Waals surface area contributed by atoms with Crippen LogP contribution in [0, 0.1) is 13.8 Å². The number of carbonyl (C=O) groups excluding carboxylic acids is 1. The van der Waals surface area contributed by atoms with Crippen LogP contribution in [0.4, 0.5) is 0 Å². The molecule has 5 nitrogen and oxygen atoms in total. The van der Waals surface area contributed by atoms with Crippen molar-refractivity contribution in [3.63, 3.8) is 0 Å². The molecule has 0 saturated carbocycles. The van der Waals surface area contributed by atoms with Crippen LogP contribution in [-0.4, -0.2) is 20.7 Å². The molecule has 0 aliphatic rings. The summed E-state index contributed by atoms with van der Waals surface area (Å²) < 4.78 is 1.92. The smallest absolute Gasteiger partial charge is 0.263 e. The summed E-state index contributed by atoms with van der Waals surface area (Å²) in [6.07, 6.45) is 1.64. The molecule has 0 saturated heterocycles. The van der Waals surface area contributed by atoms with Crippen molar-refractivity contribution in [1.29, 1.82) is 0 Å². The van der Waals surface area contributed by atoms with Gasteiger partial charge in [0, 0.05) is 17.8 Å². The molecule has 0 spiro atoms. The highest BCUT2D eigenvalue weighted by Gasteiger charge is 2.16. The van der Waals surface area contributed by atoms with Gasteiger partial charge in [0.1, 0.15) is 9.88 Å². The van der Waals surface area contributed by atoms with Gasteiger partial charge in [-0.05, 0) is 37.4 Å². The first-order valence-electron chi connectivity index (χ1n) is 8.52. The Hall–Kier alpha value is -2.77. The third kappa shape index (κ3) is 3.56. The van der Waals surface area contributed by atoms with Crippen molar-refractivity contribution in [3.8, 4) is 15.6 Å². The summed E-state index contributed by atoms with van der Waals surface area (Å²) in [5.74, 6) is -0.110. The van der Waals surface area contributed by atoms with Crippen molar-refractivity contribution in [2.24, 2.45) is 0 Å². The van der Waals surface area contributed by atoms with Crippen LogP contribution in [0.5, 0.6) is 0 Å². The fourth-order valence-corrected chi connectivity index (χ4v) is 4.54. The first-order valence-corrected chi connectivity index (χ1v) is 10.2. The molecule has 1 aromatic carbocycles. The van der Waals surface area contributed by atoms with E-state index in [-0.39, 0.29) is 5.91 Å². The summed E-state index contributed by atoms with van der Waals surface area (Å²) in [4.78, 5) is 18.6. The highest BCUT2D eigenvalue weighted by Crippen LogP contribution is 2.29. The predicted octanol–water partition coefficient (Wildman–Crippen LogP) is 4.60. The molecule has 0 aliphatic heterocycles. The number of amides is 1. The van der Waals surface area contributed by atoms with Crippen LogP contribution in [0.25, 0.3) is 15.6 Å². The Morgan fingerprint density at radius 1 is 1.15 bits per heavy atom. The molecule has 1 N–H and O–H groups in total. The lowest BCUT2D eigenvalue weighted by Gasteiger charge is -2.06. The lowest BCUT2D eigenvalue weighted by Crippen LogP contribution is -2.22. The predicted molar refractivity (Wildman–Crippen MR) is 110 cm³/mol. The second-order valence-corrected chi connectivity index (χ2v) is 8.06. The van der Waals surface area contributed by atoms with E-state index in [4.69, 9.17) is 0 Å². The summed E-state index contributed by atoms with van der Waals surface area (Å²) >= 11 is 3.03. The van der Waals surface area contributed by atoms with Crippen molar-refractivity contribution in [2.75, 3.05) is 0 Å². The molecule has 27 heavy (non-hydrogen) atoms. The Morgan fingerprint density at radius 2 is 1.96 bits per heavy atom. The molecule has 136 valence electrons. The van der Waals surface area contributed by atoms with E-state index >= 15 is 0 Å².